The van der Waals surface area contributed by atoms with E-state index in [0.717, 1.165) is 5.56 Å². The first kappa shape index (κ1) is 22.8. The van der Waals surface area contributed by atoms with E-state index in [1.54, 1.807) is 62.2 Å². The summed E-state index contributed by atoms with van der Waals surface area (Å²) < 4.78 is 19.7. The van der Waals surface area contributed by atoms with E-state index in [4.69, 9.17) is 9.94 Å². The zero-order valence-electron chi connectivity index (χ0n) is 16.1. The highest BCUT2D eigenvalue weighted by Gasteiger charge is 2.29. The van der Waals surface area contributed by atoms with Crippen LogP contribution in [0.4, 0.5) is 0 Å². The maximum atomic E-state index is 13.1. The number of benzene rings is 1. The molecule has 2 atom stereocenters. The average molecular weight is 394 g/mol. The van der Waals surface area contributed by atoms with Gasteiger partial charge in [0, 0.05) is 18.9 Å². The summed E-state index contributed by atoms with van der Waals surface area (Å²) in [5.74, 6) is 0.0490. The van der Waals surface area contributed by atoms with E-state index in [2.05, 4.69) is 4.98 Å². The minimum absolute atomic E-state index is 0.248. The van der Waals surface area contributed by atoms with Crippen molar-refractivity contribution in [2.45, 2.75) is 44.7 Å². The van der Waals surface area contributed by atoms with Crippen LogP contribution in [0.3, 0.4) is 0 Å². The van der Waals surface area contributed by atoms with Crippen LogP contribution in [0.5, 0.6) is 5.75 Å². The molecule has 0 fully saturated rings. The molecule has 0 aliphatic carbocycles. The molecule has 27 heavy (non-hydrogen) atoms. The topological polar surface area (TPSA) is 91.8 Å². The number of nitrogens with zero attached hydrogens (tertiary/aromatic N) is 2. The molecule has 2 aromatic rings. The first-order chi connectivity index (χ1) is 13.1. The van der Waals surface area contributed by atoms with Crippen molar-refractivity contribution >= 4 is 16.9 Å². The monoisotopic (exact) mass is 393 g/mol. The summed E-state index contributed by atoms with van der Waals surface area (Å²) in [6.07, 6.45) is 3.68. The van der Waals surface area contributed by atoms with Gasteiger partial charge >= 0.3 is 0 Å². The van der Waals surface area contributed by atoms with Gasteiger partial charge in [0.05, 0.1) is 12.0 Å². The Morgan fingerprint density at radius 1 is 1.30 bits per heavy atom. The summed E-state index contributed by atoms with van der Waals surface area (Å²) in [5.41, 5.74) is 2.47. The molecule has 1 heterocycles. The van der Waals surface area contributed by atoms with Crippen molar-refractivity contribution in [1.82, 2.24) is 14.8 Å². The largest absolute Gasteiger partial charge is 0.497 e. The van der Waals surface area contributed by atoms with E-state index in [1.807, 2.05) is 19.9 Å². The molecule has 2 rings (SSSR count). The molecule has 1 amide bonds. The highest BCUT2D eigenvalue weighted by atomic mass is 32.2. The molecule has 1 aromatic heterocycles. The van der Waals surface area contributed by atoms with Gasteiger partial charge < -0.3 is 4.74 Å². The maximum absolute atomic E-state index is 13.1. The van der Waals surface area contributed by atoms with Gasteiger partial charge in [0.15, 0.2) is 0 Å². The van der Waals surface area contributed by atoms with Gasteiger partial charge in [-0.05, 0) is 42.3 Å². The van der Waals surface area contributed by atoms with Crippen LogP contribution in [-0.2, 0) is 22.3 Å². The van der Waals surface area contributed by atoms with Gasteiger partial charge in [-0.2, -0.15) is 0 Å². The van der Waals surface area contributed by atoms with Crippen molar-refractivity contribution in [2.24, 2.45) is 0 Å². The van der Waals surface area contributed by atoms with Crippen LogP contribution >= 0.6 is 0 Å². The third kappa shape index (κ3) is 6.42. The standard InChI is InChI=1S/C17H21N3O4S.C2H6/c1-3-16(17(21)19-22)20(12-13-5-4-10-18-11-13)25(23)15-8-6-14(24-2)7-9-15;1-2/h4-11,16,22H,3,12H2,1-2H3,(H,19,21);1-2H3. The minimum atomic E-state index is -1.61. The second-order valence-corrected chi connectivity index (χ2v) is 6.70. The summed E-state index contributed by atoms with van der Waals surface area (Å²) in [4.78, 5) is 16.6. The molecule has 148 valence electrons. The van der Waals surface area contributed by atoms with E-state index < -0.39 is 22.9 Å². The fourth-order valence-corrected chi connectivity index (χ4v) is 3.76. The number of pyridine rings is 1. The summed E-state index contributed by atoms with van der Waals surface area (Å²) in [6.45, 7) is 6.04. The van der Waals surface area contributed by atoms with Gasteiger partial charge in [-0.25, -0.2) is 14.0 Å². The number of hydrogen-bond donors (Lipinski definition) is 2. The van der Waals surface area contributed by atoms with Crippen molar-refractivity contribution < 1.29 is 18.9 Å². The van der Waals surface area contributed by atoms with Crippen molar-refractivity contribution in [3.63, 3.8) is 0 Å². The predicted octanol–water partition coefficient (Wildman–Crippen LogP) is 2.93. The van der Waals surface area contributed by atoms with Crippen LogP contribution in [0.1, 0.15) is 32.8 Å². The fraction of sp³-hybridized carbons (Fsp3) is 0.368. The third-order valence-electron chi connectivity index (χ3n) is 3.68. The number of ether oxygens (including phenoxy) is 1. The number of rotatable bonds is 8. The summed E-state index contributed by atoms with van der Waals surface area (Å²) >= 11 is 0. The van der Waals surface area contributed by atoms with E-state index >= 15 is 0 Å². The Bertz CT molecular complexity index is 711. The average Bonchev–Trinajstić information content (AvgIpc) is 2.75. The molecule has 0 radical (unpaired) electrons. The molecule has 0 saturated carbocycles. The Morgan fingerprint density at radius 3 is 2.44 bits per heavy atom. The number of aromatic nitrogens is 1. The van der Waals surface area contributed by atoms with Crippen LogP contribution in [0.15, 0.2) is 53.7 Å². The number of carbonyl (C=O) groups is 1. The van der Waals surface area contributed by atoms with Crippen molar-refractivity contribution in [3.05, 3.63) is 54.4 Å². The first-order valence-corrected chi connectivity index (χ1v) is 9.86. The summed E-state index contributed by atoms with van der Waals surface area (Å²) in [7, 11) is -0.0511. The zero-order chi connectivity index (χ0) is 20.2. The van der Waals surface area contributed by atoms with Gasteiger partial charge in [0.1, 0.15) is 22.8 Å². The highest BCUT2D eigenvalue weighted by molar-refractivity contribution is 7.82. The third-order valence-corrected chi connectivity index (χ3v) is 5.17. The van der Waals surface area contributed by atoms with Crippen LogP contribution < -0.4 is 10.2 Å². The number of methoxy groups -OCH3 is 1. The van der Waals surface area contributed by atoms with Crippen LogP contribution in [-0.4, -0.2) is 37.8 Å². The van der Waals surface area contributed by atoms with E-state index in [-0.39, 0.29) is 6.54 Å². The number of nitrogens with one attached hydrogen (secondary N) is 1. The molecule has 2 unspecified atom stereocenters. The molecular formula is C19H27N3O4S. The van der Waals surface area contributed by atoms with E-state index in [1.165, 1.54) is 4.31 Å². The van der Waals surface area contributed by atoms with Gasteiger partial charge in [-0.1, -0.05) is 26.8 Å². The lowest BCUT2D eigenvalue weighted by molar-refractivity contribution is -0.133. The van der Waals surface area contributed by atoms with Crippen LogP contribution in [0, 0.1) is 0 Å². The minimum Gasteiger partial charge on any atom is -0.497 e. The van der Waals surface area contributed by atoms with Gasteiger partial charge in [-0.15, -0.1) is 0 Å². The first-order valence-electron chi connectivity index (χ1n) is 8.76. The molecule has 0 bridgehead atoms. The Morgan fingerprint density at radius 2 is 1.96 bits per heavy atom. The van der Waals surface area contributed by atoms with Gasteiger partial charge in [-0.3, -0.25) is 15.0 Å². The summed E-state index contributed by atoms with van der Waals surface area (Å²) in [5, 5.41) is 9.02. The number of carbonyl (C=O) groups excluding carboxylic acids is 1. The fourth-order valence-electron chi connectivity index (χ4n) is 2.38. The van der Waals surface area contributed by atoms with Gasteiger partial charge in [0.2, 0.25) is 0 Å². The molecule has 1 aromatic carbocycles. The normalized spacial score (nSPS) is 12.5. The molecule has 0 aliphatic heterocycles. The highest BCUT2D eigenvalue weighted by Crippen LogP contribution is 2.21. The second-order valence-electron chi connectivity index (χ2n) is 5.26. The van der Waals surface area contributed by atoms with Crippen LogP contribution in [0.25, 0.3) is 0 Å². The number of amides is 1. The van der Waals surface area contributed by atoms with Crippen molar-refractivity contribution in [2.75, 3.05) is 7.11 Å². The molecular weight excluding hydrogens is 366 g/mol. The molecule has 0 spiro atoms. The SMILES string of the molecule is CC.CCC(C(=O)NO)N(Cc1cccnc1)S(=O)c1ccc(OC)cc1. The molecule has 0 saturated heterocycles. The van der Waals surface area contributed by atoms with Crippen molar-refractivity contribution in [3.8, 4) is 5.75 Å². The maximum Gasteiger partial charge on any atom is 0.261 e. The van der Waals surface area contributed by atoms with Crippen LogP contribution in [0.2, 0.25) is 0 Å². The second kappa shape index (κ2) is 12.2. The number of hydrogen-bond acceptors (Lipinski definition) is 5. The Balaban J connectivity index is 0.00000176. The number of hydroxylamine groups is 1. The molecule has 0 aliphatic rings. The molecule has 8 heteroatoms. The lowest BCUT2D eigenvalue weighted by atomic mass is 10.2. The van der Waals surface area contributed by atoms with E-state index in [0.29, 0.717) is 17.1 Å². The molecule has 2 N–H and O–H groups in total. The van der Waals surface area contributed by atoms with Crippen molar-refractivity contribution in [1.29, 1.82) is 0 Å². The zero-order valence-corrected chi connectivity index (χ0v) is 16.9. The lowest BCUT2D eigenvalue weighted by Crippen LogP contribution is -2.46. The lowest BCUT2D eigenvalue weighted by Gasteiger charge is -2.28. The molecule has 7 nitrogen and oxygen atoms in total. The van der Waals surface area contributed by atoms with Gasteiger partial charge in [0.25, 0.3) is 5.91 Å². The smallest absolute Gasteiger partial charge is 0.261 e. The Kier molecular flexibility index (Phi) is 10.2. The van der Waals surface area contributed by atoms with E-state index in [9.17, 15) is 9.00 Å². The quantitative estimate of drug-likeness (QED) is 0.531. The predicted molar refractivity (Wildman–Crippen MR) is 105 cm³/mol. The Labute approximate surface area is 162 Å². The summed E-state index contributed by atoms with van der Waals surface area (Å²) in [6, 6.07) is 9.66. The Hall–Kier alpha value is -2.29.